The second-order valence-electron chi connectivity index (χ2n) is 7.85. The molecule has 0 bridgehead atoms. The summed E-state index contributed by atoms with van der Waals surface area (Å²) in [5.41, 5.74) is 2.47. The van der Waals surface area contributed by atoms with Crippen LogP contribution in [0.5, 0.6) is 0 Å². The first-order valence-electron chi connectivity index (χ1n) is 10.5. The SMILES string of the molecule is O=S(=O)(c1ccc2c(c1)nc(-c1ccc(Cl)cc1)n2CC1CCCO1)N1CCOCC1. The van der Waals surface area contributed by atoms with E-state index in [9.17, 15) is 8.42 Å². The van der Waals surface area contributed by atoms with Crippen molar-refractivity contribution in [2.75, 3.05) is 32.9 Å². The van der Waals surface area contributed by atoms with Gasteiger partial charge in [-0.25, -0.2) is 13.4 Å². The Balaban J connectivity index is 1.59. The van der Waals surface area contributed by atoms with Crippen LogP contribution in [0.3, 0.4) is 0 Å². The first-order valence-corrected chi connectivity index (χ1v) is 12.3. The fourth-order valence-corrected chi connectivity index (χ4v) is 5.76. The average Bonchev–Trinajstić information content (AvgIpc) is 3.43. The first-order chi connectivity index (χ1) is 15.0. The Morgan fingerprint density at radius 1 is 1.06 bits per heavy atom. The van der Waals surface area contributed by atoms with Crippen LogP contribution in [0.25, 0.3) is 22.4 Å². The smallest absolute Gasteiger partial charge is 0.243 e. The third kappa shape index (κ3) is 4.10. The van der Waals surface area contributed by atoms with Crippen molar-refractivity contribution in [2.45, 2.75) is 30.4 Å². The van der Waals surface area contributed by atoms with E-state index in [0.717, 1.165) is 36.4 Å². The molecule has 0 saturated carbocycles. The lowest BCUT2D eigenvalue weighted by Gasteiger charge is -2.26. The number of rotatable bonds is 5. The Bertz CT molecular complexity index is 1180. The Hall–Kier alpha value is -1.97. The second kappa shape index (κ2) is 8.52. The molecule has 2 aliphatic rings. The van der Waals surface area contributed by atoms with Gasteiger partial charge in [-0.1, -0.05) is 11.6 Å². The van der Waals surface area contributed by atoms with E-state index in [1.54, 1.807) is 12.1 Å². The first kappa shape index (κ1) is 20.9. The van der Waals surface area contributed by atoms with E-state index < -0.39 is 10.0 Å². The zero-order valence-corrected chi connectivity index (χ0v) is 18.6. The number of halogens is 1. The second-order valence-corrected chi connectivity index (χ2v) is 10.2. The molecule has 3 heterocycles. The molecule has 0 amide bonds. The highest BCUT2D eigenvalue weighted by Crippen LogP contribution is 2.30. The van der Waals surface area contributed by atoms with Gasteiger partial charge in [0.1, 0.15) is 5.82 Å². The maximum Gasteiger partial charge on any atom is 0.243 e. The lowest BCUT2D eigenvalue weighted by molar-refractivity contribution is 0.0730. The van der Waals surface area contributed by atoms with Crippen LogP contribution in [-0.2, 0) is 26.0 Å². The number of ether oxygens (including phenoxy) is 2. The molecule has 1 atom stereocenters. The van der Waals surface area contributed by atoms with Crippen LogP contribution in [0.2, 0.25) is 5.02 Å². The molecule has 7 nitrogen and oxygen atoms in total. The van der Waals surface area contributed by atoms with E-state index in [-0.39, 0.29) is 11.0 Å². The molecule has 2 saturated heterocycles. The molecule has 1 unspecified atom stereocenters. The van der Waals surface area contributed by atoms with Gasteiger partial charge in [0, 0.05) is 30.3 Å². The molecule has 164 valence electrons. The molecule has 5 rings (SSSR count). The van der Waals surface area contributed by atoms with Crippen LogP contribution in [0.1, 0.15) is 12.8 Å². The van der Waals surface area contributed by atoms with Crippen molar-refractivity contribution >= 4 is 32.7 Å². The monoisotopic (exact) mass is 461 g/mol. The van der Waals surface area contributed by atoms with Crippen molar-refractivity contribution in [2.24, 2.45) is 0 Å². The van der Waals surface area contributed by atoms with Crippen molar-refractivity contribution < 1.29 is 17.9 Å². The summed E-state index contributed by atoms with van der Waals surface area (Å²) in [6.07, 6.45) is 2.18. The minimum absolute atomic E-state index is 0.125. The molecule has 0 radical (unpaired) electrons. The maximum absolute atomic E-state index is 13.1. The van der Waals surface area contributed by atoms with Gasteiger partial charge in [0.15, 0.2) is 0 Å². The van der Waals surface area contributed by atoms with Gasteiger partial charge < -0.3 is 14.0 Å². The largest absolute Gasteiger partial charge is 0.379 e. The van der Waals surface area contributed by atoms with Crippen LogP contribution in [-0.4, -0.2) is 61.3 Å². The zero-order valence-electron chi connectivity index (χ0n) is 17.0. The minimum atomic E-state index is -3.59. The highest BCUT2D eigenvalue weighted by Gasteiger charge is 2.28. The van der Waals surface area contributed by atoms with Crippen LogP contribution in [0.4, 0.5) is 0 Å². The van der Waals surface area contributed by atoms with Gasteiger partial charge in [0.2, 0.25) is 10.0 Å². The summed E-state index contributed by atoms with van der Waals surface area (Å²) in [6.45, 7) is 3.00. The number of hydrogen-bond acceptors (Lipinski definition) is 5. The highest BCUT2D eigenvalue weighted by molar-refractivity contribution is 7.89. The molecular formula is C22H24ClN3O4S. The van der Waals surface area contributed by atoms with Gasteiger partial charge in [-0.3, -0.25) is 0 Å². The van der Waals surface area contributed by atoms with Gasteiger partial charge in [-0.15, -0.1) is 0 Å². The third-order valence-electron chi connectivity index (χ3n) is 5.84. The van der Waals surface area contributed by atoms with E-state index in [1.807, 2.05) is 30.3 Å². The molecule has 0 N–H and O–H groups in total. The summed E-state index contributed by atoms with van der Waals surface area (Å²) in [5.74, 6) is 0.781. The third-order valence-corrected chi connectivity index (χ3v) is 7.99. The van der Waals surface area contributed by atoms with Crippen molar-refractivity contribution in [3.63, 3.8) is 0 Å². The molecule has 2 aromatic carbocycles. The summed E-state index contributed by atoms with van der Waals surface area (Å²) in [5, 5.41) is 0.657. The maximum atomic E-state index is 13.1. The zero-order chi connectivity index (χ0) is 21.4. The van der Waals surface area contributed by atoms with Crippen LogP contribution < -0.4 is 0 Å². The van der Waals surface area contributed by atoms with Gasteiger partial charge >= 0.3 is 0 Å². The molecule has 9 heteroatoms. The molecule has 0 aliphatic carbocycles. The normalized spacial score (nSPS) is 20.5. The summed E-state index contributed by atoms with van der Waals surface area (Å²) in [4.78, 5) is 5.09. The standard InChI is InChI=1S/C22H24ClN3O4S/c23-17-5-3-16(4-6-17)22-24-20-14-19(31(27,28)25-9-12-29-13-10-25)7-8-21(20)26(22)15-18-2-1-11-30-18/h3-8,14,18H,1-2,9-13,15H2. The fourth-order valence-electron chi connectivity index (χ4n) is 4.20. The van der Waals surface area contributed by atoms with Crippen LogP contribution >= 0.6 is 11.6 Å². The lowest BCUT2D eigenvalue weighted by atomic mass is 10.2. The summed E-state index contributed by atoms with van der Waals surface area (Å²) in [7, 11) is -3.59. The Labute approximate surface area is 186 Å². The van der Waals surface area contributed by atoms with Crippen LogP contribution in [0.15, 0.2) is 47.4 Å². The van der Waals surface area contributed by atoms with Gasteiger partial charge in [-0.05, 0) is 55.3 Å². The predicted molar refractivity (Wildman–Crippen MR) is 119 cm³/mol. The van der Waals surface area contributed by atoms with E-state index in [2.05, 4.69) is 4.57 Å². The van der Waals surface area contributed by atoms with E-state index in [4.69, 9.17) is 26.1 Å². The van der Waals surface area contributed by atoms with Gasteiger partial charge in [0.05, 0.1) is 41.8 Å². The number of benzene rings is 2. The number of imidazole rings is 1. The number of hydrogen-bond donors (Lipinski definition) is 0. The summed E-state index contributed by atoms with van der Waals surface area (Å²) >= 11 is 6.07. The van der Waals surface area contributed by atoms with Gasteiger partial charge in [0.25, 0.3) is 0 Å². The van der Waals surface area contributed by atoms with E-state index in [0.29, 0.717) is 43.4 Å². The number of sulfonamides is 1. The molecule has 2 aliphatic heterocycles. The highest BCUT2D eigenvalue weighted by atomic mass is 35.5. The number of aromatic nitrogens is 2. The van der Waals surface area contributed by atoms with E-state index in [1.165, 1.54) is 4.31 Å². The van der Waals surface area contributed by atoms with Crippen molar-refractivity contribution in [1.29, 1.82) is 0 Å². The van der Waals surface area contributed by atoms with Crippen molar-refractivity contribution in [3.8, 4) is 11.4 Å². The Morgan fingerprint density at radius 3 is 2.55 bits per heavy atom. The molecule has 3 aromatic rings. The number of morpholine rings is 1. The van der Waals surface area contributed by atoms with Crippen LogP contribution in [0, 0.1) is 0 Å². The van der Waals surface area contributed by atoms with Crippen molar-refractivity contribution in [3.05, 3.63) is 47.5 Å². The number of nitrogens with zero attached hydrogens (tertiary/aromatic N) is 3. The molecule has 31 heavy (non-hydrogen) atoms. The summed E-state index contributed by atoms with van der Waals surface area (Å²) < 4.78 is 41.0. The Kier molecular flexibility index (Phi) is 5.75. The Morgan fingerprint density at radius 2 is 1.84 bits per heavy atom. The average molecular weight is 462 g/mol. The fraction of sp³-hybridized carbons (Fsp3) is 0.409. The molecule has 2 fully saturated rings. The summed E-state index contributed by atoms with van der Waals surface area (Å²) in [6, 6.07) is 12.7. The van der Waals surface area contributed by atoms with Crippen molar-refractivity contribution in [1.82, 2.24) is 13.9 Å². The minimum Gasteiger partial charge on any atom is -0.379 e. The van der Waals surface area contributed by atoms with Gasteiger partial charge in [-0.2, -0.15) is 4.31 Å². The number of fused-ring (bicyclic) bond motifs is 1. The molecular weight excluding hydrogens is 438 g/mol. The quantitative estimate of drug-likeness (QED) is 0.581. The topological polar surface area (TPSA) is 73.7 Å². The van der Waals surface area contributed by atoms with E-state index >= 15 is 0 Å². The molecule has 0 spiro atoms. The lowest BCUT2D eigenvalue weighted by Crippen LogP contribution is -2.40. The predicted octanol–water partition coefficient (Wildman–Crippen LogP) is 3.56. The molecule has 1 aromatic heterocycles.